The number of rotatable bonds is 6. The summed E-state index contributed by atoms with van der Waals surface area (Å²) < 4.78 is 1.90. The van der Waals surface area contributed by atoms with Crippen LogP contribution in [0.5, 0.6) is 0 Å². The molecule has 1 heterocycles. The van der Waals surface area contributed by atoms with Crippen molar-refractivity contribution >= 4 is 5.97 Å². The molecule has 0 unspecified atom stereocenters. The molecule has 0 spiro atoms. The van der Waals surface area contributed by atoms with Crippen LogP contribution >= 0.6 is 0 Å². The van der Waals surface area contributed by atoms with Crippen LogP contribution in [0.1, 0.15) is 28.1 Å². The van der Waals surface area contributed by atoms with Crippen LogP contribution in [0.2, 0.25) is 0 Å². The van der Waals surface area contributed by atoms with Crippen LogP contribution in [-0.4, -0.2) is 20.9 Å². The molecule has 0 aliphatic rings. The number of nitrogens with zero attached hydrogens (tertiary/aromatic N) is 2. The molecule has 112 valence electrons. The maximum Gasteiger partial charge on any atom is 0.307 e. The Kier molecular flexibility index (Phi) is 4.75. The molecular formula is C16H21N3O2. The summed E-state index contributed by atoms with van der Waals surface area (Å²) in [5.41, 5.74) is 5.43. The summed E-state index contributed by atoms with van der Waals surface area (Å²) in [6.07, 6.45) is 0.0712. The number of aryl methyl sites for hydroxylation is 2. The molecule has 1 aromatic heterocycles. The zero-order valence-electron chi connectivity index (χ0n) is 12.7. The van der Waals surface area contributed by atoms with Gasteiger partial charge in [0.25, 0.3) is 0 Å². The van der Waals surface area contributed by atoms with Gasteiger partial charge < -0.3 is 10.4 Å². The summed E-state index contributed by atoms with van der Waals surface area (Å²) in [5.74, 6) is -0.802. The van der Waals surface area contributed by atoms with Crippen LogP contribution in [0, 0.1) is 13.8 Å². The monoisotopic (exact) mass is 287 g/mol. The van der Waals surface area contributed by atoms with Crippen LogP contribution in [-0.2, 0) is 31.4 Å². The third-order valence-corrected chi connectivity index (χ3v) is 3.67. The molecule has 0 fully saturated rings. The van der Waals surface area contributed by atoms with E-state index in [1.54, 1.807) is 0 Å². The van der Waals surface area contributed by atoms with E-state index < -0.39 is 5.97 Å². The zero-order chi connectivity index (χ0) is 15.4. The molecule has 0 aliphatic heterocycles. The van der Waals surface area contributed by atoms with Crippen molar-refractivity contribution in [3.63, 3.8) is 0 Å². The maximum atomic E-state index is 10.6. The lowest BCUT2D eigenvalue weighted by Gasteiger charge is -2.06. The molecule has 0 bridgehead atoms. The summed E-state index contributed by atoms with van der Waals surface area (Å²) in [4.78, 5) is 10.6. The summed E-state index contributed by atoms with van der Waals surface area (Å²) in [6, 6.07) is 7.67. The minimum absolute atomic E-state index is 0.0712. The predicted molar refractivity (Wildman–Crippen MR) is 81.0 cm³/mol. The highest BCUT2D eigenvalue weighted by molar-refractivity contribution is 5.70. The Morgan fingerprint density at radius 2 is 1.81 bits per heavy atom. The van der Waals surface area contributed by atoms with Gasteiger partial charge in [-0.05, 0) is 25.0 Å². The van der Waals surface area contributed by atoms with E-state index in [1.165, 1.54) is 11.3 Å². The van der Waals surface area contributed by atoms with Gasteiger partial charge in [0.15, 0.2) is 0 Å². The van der Waals surface area contributed by atoms with Crippen LogP contribution in [0.25, 0.3) is 0 Å². The van der Waals surface area contributed by atoms with E-state index in [0.717, 1.165) is 29.9 Å². The Hall–Kier alpha value is -2.14. The van der Waals surface area contributed by atoms with E-state index in [1.807, 2.05) is 42.9 Å². The third kappa shape index (κ3) is 3.92. The van der Waals surface area contributed by atoms with Gasteiger partial charge in [-0.1, -0.05) is 24.3 Å². The van der Waals surface area contributed by atoms with Gasteiger partial charge in [0.05, 0.1) is 12.1 Å². The summed E-state index contributed by atoms with van der Waals surface area (Å²) in [5, 5.41) is 16.5. The highest BCUT2D eigenvalue weighted by Gasteiger charge is 2.08. The number of benzene rings is 1. The molecule has 0 atom stereocenters. The molecule has 0 radical (unpaired) electrons. The van der Waals surface area contributed by atoms with Crippen LogP contribution in [0.3, 0.4) is 0 Å². The van der Waals surface area contributed by atoms with Crippen molar-refractivity contribution in [2.24, 2.45) is 7.05 Å². The van der Waals surface area contributed by atoms with Crippen molar-refractivity contribution < 1.29 is 9.90 Å². The van der Waals surface area contributed by atoms with Crippen molar-refractivity contribution in [3.8, 4) is 0 Å². The molecule has 21 heavy (non-hydrogen) atoms. The Labute approximate surface area is 124 Å². The highest BCUT2D eigenvalue weighted by atomic mass is 16.4. The molecule has 0 saturated carbocycles. The first-order valence-electron chi connectivity index (χ1n) is 6.96. The van der Waals surface area contributed by atoms with E-state index in [4.69, 9.17) is 5.11 Å². The molecule has 2 aromatic rings. The number of carboxylic acids is 1. The van der Waals surface area contributed by atoms with Gasteiger partial charge in [-0.2, -0.15) is 5.10 Å². The second kappa shape index (κ2) is 6.54. The minimum Gasteiger partial charge on any atom is -0.481 e. The number of carboxylic acid groups (broad SMARTS) is 1. The minimum atomic E-state index is -0.802. The number of aromatic nitrogens is 2. The fraction of sp³-hybridized carbons (Fsp3) is 0.375. The maximum absolute atomic E-state index is 10.6. The lowest BCUT2D eigenvalue weighted by molar-refractivity contribution is -0.136. The fourth-order valence-electron chi connectivity index (χ4n) is 2.35. The Balaban J connectivity index is 1.90. The standard InChI is InChI=1S/C16H21N3O2/c1-11-15(12(2)19(3)18-11)10-17-9-14-6-4-13(5-7-14)8-16(20)21/h4-7,17H,8-10H2,1-3H3,(H,20,21). The first kappa shape index (κ1) is 15.3. The molecule has 1 aromatic carbocycles. The van der Waals surface area contributed by atoms with E-state index >= 15 is 0 Å². The van der Waals surface area contributed by atoms with Gasteiger partial charge in [-0.15, -0.1) is 0 Å². The Bertz CT molecular complexity index is 630. The molecule has 0 saturated heterocycles. The number of hydrogen-bond donors (Lipinski definition) is 2. The SMILES string of the molecule is Cc1nn(C)c(C)c1CNCc1ccc(CC(=O)O)cc1. The number of nitrogens with one attached hydrogen (secondary N) is 1. The van der Waals surface area contributed by atoms with Crippen molar-refractivity contribution in [1.29, 1.82) is 0 Å². The average Bonchev–Trinajstić information content (AvgIpc) is 2.66. The quantitative estimate of drug-likeness (QED) is 0.852. The normalized spacial score (nSPS) is 10.8. The molecule has 0 aliphatic carbocycles. The number of hydrogen-bond acceptors (Lipinski definition) is 3. The number of carbonyl (C=O) groups is 1. The molecule has 5 heteroatoms. The van der Waals surface area contributed by atoms with E-state index in [2.05, 4.69) is 17.3 Å². The number of aliphatic carboxylic acids is 1. The van der Waals surface area contributed by atoms with Crippen molar-refractivity contribution in [2.45, 2.75) is 33.4 Å². The Morgan fingerprint density at radius 3 is 2.33 bits per heavy atom. The largest absolute Gasteiger partial charge is 0.481 e. The third-order valence-electron chi connectivity index (χ3n) is 3.67. The van der Waals surface area contributed by atoms with E-state index in [0.29, 0.717) is 0 Å². The molecule has 0 amide bonds. The van der Waals surface area contributed by atoms with Crippen LogP contribution in [0.15, 0.2) is 24.3 Å². The second-order valence-corrected chi connectivity index (χ2v) is 5.26. The van der Waals surface area contributed by atoms with Crippen molar-refractivity contribution in [1.82, 2.24) is 15.1 Å². The molecule has 2 rings (SSSR count). The van der Waals surface area contributed by atoms with E-state index in [9.17, 15) is 4.79 Å². The fourth-order valence-corrected chi connectivity index (χ4v) is 2.35. The first-order valence-corrected chi connectivity index (χ1v) is 6.96. The van der Waals surface area contributed by atoms with Crippen molar-refractivity contribution in [2.75, 3.05) is 0 Å². The van der Waals surface area contributed by atoms with Crippen molar-refractivity contribution in [3.05, 3.63) is 52.3 Å². The van der Waals surface area contributed by atoms with Gasteiger partial charge in [0, 0.05) is 31.4 Å². The predicted octanol–water partition coefficient (Wildman–Crippen LogP) is 1.95. The molecule has 2 N–H and O–H groups in total. The smallest absolute Gasteiger partial charge is 0.307 e. The topological polar surface area (TPSA) is 67.2 Å². The summed E-state index contributed by atoms with van der Waals surface area (Å²) >= 11 is 0. The van der Waals surface area contributed by atoms with Gasteiger partial charge in [0.1, 0.15) is 0 Å². The van der Waals surface area contributed by atoms with Gasteiger partial charge in [-0.25, -0.2) is 0 Å². The zero-order valence-corrected chi connectivity index (χ0v) is 12.7. The summed E-state index contributed by atoms with van der Waals surface area (Å²) in [7, 11) is 1.95. The van der Waals surface area contributed by atoms with Gasteiger partial charge in [-0.3, -0.25) is 9.48 Å². The lowest BCUT2D eigenvalue weighted by Crippen LogP contribution is -2.14. The molecule has 5 nitrogen and oxygen atoms in total. The van der Waals surface area contributed by atoms with Gasteiger partial charge in [0.2, 0.25) is 0 Å². The van der Waals surface area contributed by atoms with Crippen LogP contribution < -0.4 is 5.32 Å². The second-order valence-electron chi connectivity index (χ2n) is 5.26. The Morgan fingerprint density at radius 1 is 1.19 bits per heavy atom. The van der Waals surface area contributed by atoms with E-state index in [-0.39, 0.29) is 6.42 Å². The average molecular weight is 287 g/mol. The summed E-state index contributed by atoms with van der Waals surface area (Å²) in [6.45, 7) is 5.62. The van der Waals surface area contributed by atoms with Crippen LogP contribution in [0.4, 0.5) is 0 Å². The first-order chi connectivity index (χ1) is 9.97. The highest BCUT2D eigenvalue weighted by Crippen LogP contribution is 2.12. The lowest BCUT2D eigenvalue weighted by atomic mass is 10.1. The van der Waals surface area contributed by atoms with Gasteiger partial charge >= 0.3 is 5.97 Å². The molecular weight excluding hydrogens is 266 g/mol.